The van der Waals surface area contributed by atoms with E-state index in [2.05, 4.69) is 5.32 Å². The van der Waals surface area contributed by atoms with Crippen LogP contribution >= 0.6 is 23.2 Å². The van der Waals surface area contributed by atoms with Crippen LogP contribution in [-0.4, -0.2) is 0 Å². The average Bonchev–Trinajstić information content (AvgIpc) is 2.42. The first-order valence-corrected chi connectivity index (χ1v) is 6.92. The number of anilines is 1. The van der Waals surface area contributed by atoms with Crippen molar-refractivity contribution in [1.82, 2.24) is 0 Å². The fraction of sp³-hybridized carbons (Fsp3) is 0.200. The quantitative estimate of drug-likeness (QED) is 0.706. The maximum Gasteiger partial charge on any atom is 0.416 e. The number of alkyl halides is 3. The van der Waals surface area contributed by atoms with Gasteiger partial charge in [-0.05, 0) is 36.8 Å². The van der Waals surface area contributed by atoms with Gasteiger partial charge in [0, 0.05) is 11.7 Å². The van der Waals surface area contributed by atoms with Crippen molar-refractivity contribution in [2.75, 3.05) is 5.32 Å². The standard InChI is InChI=1S/C15H12Cl2F3N/c1-9(21-10-6-7-13(16)14(17)8-10)11-4-2-3-5-12(11)15(18,19)20/h2-9,21H,1H3. The van der Waals surface area contributed by atoms with Gasteiger partial charge in [-0.3, -0.25) is 0 Å². The fourth-order valence-electron chi connectivity index (χ4n) is 2.05. The third-order valence-electron chi connectivity index (χ3n) is 3.04. The second kappa shape index (κ2) is 6.16. The van der Waals surface area contributed by atoms with Crippen LogP contribution in [0.1, 0.15) is 24.1 Å². The van der Waals surface area contributed by atoms with E-state index < -0.39 is 17.8 Å². The maximum atomic E-state index is 13.0. The summed E-state index contributed by atoms with van der Waals surface area (Å²) in [6.45, 7) is 1.66. The van der Waals surface area contributed by atoms with Gasteiger partial charge in [-0.15, -0.1) is 0 Å². The molecular weight excluding hydrogens is 322 g/mol. The van der Waals surface area contributed by atoms with Gasteiger partial charge in [-0.1, -0.05) is 41.4 Å². The Balaban J connectivity index is 2.28. The molecule has 21 heavy (non-hydrogen) atoms. The summed E-state index contributed by atoms with van der Waals surface area (Å²) in [5.41, 5.74) is 0.134. The van der Waals surface area contributed by atoms with Crippen LogP contribution in [0.3, 0.4) is 0 Å². The SMILES string of the molecule is CC(Nc1ccc(Cl)c(Cl)c1)c1ccccc1C(F)(F)F. The van der Waals surface area contributed by atoms with Crippen LogP contribution in [0.25, 0.3) is 0 Å². The molecule has 0 aliphatic rings. The summed E-state index contributed by atoms with van der Waals surface area (Å²) < 4.78 is 39.0. The molecule has 0 aliphatic carbocycles. The van der Waals surface area contributed by atoms with Crippen LogP contribution in [0.2, 0.25) is 10.0 Å². The third-order valence-corrected chi connectivity index (χ3v) is 3.77. The van der Waals surface area contributed by atoms with E-state index in [4.69, 9.17) is 23.2 Å². The first kappa shape index (κ1) is 16.0. The van der Waals surface area contributed by atoms with E-state index in [1.54, 1.807) is 31.2 Å². The van der Waals surface area contributed by atoms with Crippen LogP contribution in [0.15, 0.2) is 42.5 Å². The zero-order chi connectivity index (χ0) is 15.6. The number of nitrogens with one attached hydrogen (secondary N) is 1. The van der Waals surface area contributed by atoms with Crippen LogP contribution in [-0.2, 0) is 6.18 Å². The summed E-state index contributed by atoms with van der Waals surface area (Å²) in [4.78, 5) is 0. The predicted molar refractivity (Wildman–Crippen MR) is 79.9 cm³/mol. The minimum absolute atomic E-state index is 0.177. The summed E-state index contributed by atoms with van der Waals surface area (Å²) >= 11 is 11.7. The Labute approximate surface area is 130 Å². The van der Waals surface area contributed by atoms with Crippen LogP contribution in [0.4, 0.5) is 18.9 Å². The van der Waals surface area contributed by atoms with Crippen molar-refractivity contribution in [3.05, 3.63) is 63.6 Å². The Morgan fingerprint density at radius 1 is 1.00 bits per heavy atom. The lowest BCUT2D eigenvalue weighted by Gasteiger charge is -2.20. The molecule has 0 amide bonds. The topological polar surface area (TPSA) is 12.0 Å². The lowest BCUT2D eigenvalue weighted by atomic mass is 10.0. The van der Waals surface area contributed by atoms with Gasteiger partial charge in [0.2, 0.25) is 0 Å². The van der Waals surface area contributed by atoms with E-state index >= 15 is 0 Å². The van der Waals surface area contributed by atoms with Gasteiger partial charge in [-0.25, -0.2) is 0 Å². The molecule has 2 aromatic rings. The summed E-state index contributed by atoms with van der Waals surface area (Å²) in [6, 6.07) is 9.79. The molecule has 0 radical (unpaired) electrons. The Kier molecular flexibility index (Phi) is 4.69. The highest BCUT2D eigenvalue weighted by Crippen LogP contribution is 2.35. The number of hydrogen-bond acceptors (Lipinski definition) is 1. The molecule has 0 fully saturated rings. The summed E-state index contributed by atoms with van der Waals surface area (Å²) in [6.07, 6.45) is -4.38. The molecule has 0 spiro atoms. The van der Waals surface area contributed by atoms with Crippen molar-refractivity contribution in [2.45, 2.75) is 19.1 Å². The second-order valence-electron chi connectivity index (χ2n) is 4.58. The van der Waals surface area contributed by atoms with Gasteiger partial charge in [0.25, 0.3) is 0 Å². The fourth-order valence-corrected chi connectivity index (χ4v) is 2.34. The Morgan fingerprint density at radius 3 is 2.29 bits per heavy atom. The maximum absolute atomic E-state index is 13.0. The first-order valence-electron chi connectivity index (χ1n) is 6.16. The van der Waals surface area contributed by atoms with E-state index in [1.807, 2.05) is 0 Å². The first-order chi connectivity index (χ1) is 9.79. The average molecular weight is 334 g/mol. The number of rotatable bonds is 3. The highest BCUT2D eigenvalue weighted by Gasteiger charge is 2.34. The molecule has 1 unspecified atom stereocenters. The Bertz CT molecular complexity index is 641. The lowest BCUT2D eigenvalue weighted by molar-refractivity contribution is -0.138. The van der Waals surface area contributed by atoms with E-state index in [0.29, 0.717) is 15.7 Å². The molecule has 0 saturated carbocycles. The molecule has 1 nitrogen and oxygen atoms in total. The minimum atomic E-state index is -4.38. The van der Waals surface area contributed by atoms with Gasteiger partial charge in [0.15, 0.2) is 0 Å². The molecule has 0 aromatic heterocycles. The second-order valence-corrected chi connectivity index (χ2v) is 5.39. The van der Waals surface area contributed by atoms with Crippen molar-refractivity contribution in [1.29, 1.82) is 0 Å². The van der Waals surface area contributed by atoms with Crippen molar-refractivity contribution in [3.63, 3.8) is 0 Å². The van der Waals surface area contributed by atoms with E-state index in [0.717, 1.165) is 6.07 Å². The van der Waals surface area contributed by atoms with Gasteiger partial charge in [-0.2, -0.15) is 13.2 Å². The van der Waals surface area contributed by atoms with Crippen molar-refractivity contribution >= 4 is 28.9 Å². The molecule has 2 rings (SSSR count). The van der Waals surface area contributed by atoms with Gasteiger partial charge < -0.3 is 5.32 Å². The lowest BCUT2D eigenvalue weighted by Crippen LogP contribution is -2.15. The van der Waals surface area contributed by atoms with E-state index in [1.165, 1.54) is 12.1 Å². The molecule has 112 valence electrons. The highest BCUT2D eigenvalue weighted by atomic mass is 35.5. The van der Waals surface area contributed by atoms with Gasteiger partial charge >= 0.3 is 6.18 Å². The number of hydrogen-bond donors (Lipinski definition) is 1. The van der Waals surface area contributed by atoms with Crippen LogP contribution in [0.5, 0.6) is 0 Å². The zero-order valence-corrected chi connectivity index (χ0v) is 12.5. The summed E-state index contributed by atoms with van der Waals surface area (Å²) in [5.74, 6) is 0. The van der Waals surface area contributed by atoms with Gasteiger partial charge in [0.05, 0.1) is 15.6 Å². The van der Waals surface area contributed by atoms with E-state index in [-0.39, 0.29) is 5.56 Å². The molecule has 0 heterocycles. The summed E-state index contributed by atoms with van der Waals surface area (Å²) in [7, 11) is 0. The Morgan fingerprint density at radius 2 is 1.67 bits per heavy atom. The smallest absolute Gasteiger partial charge is 0.378 e. The normalized spacial score (nSPS) is 13.0. The van der Waals surface area contributed by atoms with Crippen molar-refractivity contribution in [3.8, 4) is 0 Å². The molecule has 0 aliphatic heterocycles. The zero-order valence-electron chi connectivity index (χ0n) is 11.0. The van der Waals surface area contributed by atoms with Crippen LogP contribution in [0, 0.1) is 0 Å². The van der Waals surface area contributed by atoms with E-state index in [9.17, 15) is 13.2 Å². The van der Waals surface area contributed by atoms with Crippen LogP contribution < -0.4 is 5.32 Å². The summed E-state index contributed by atoms with van der Waals surface area (Å²) in [5, 5.41) is 3.74. The minimum Gasteiger partial charge on any atom is -0.378 e. The molecule has 0 saturated heterocycles. The predicted octanol–water partition coefficient (Wildman–Crippen LogP) is 6.19. The molecular formula is C15H12Cl2F3N. The highest BCUT2D eigenvalue weighted by molar-refractivity contribution is 6.42. The molecule has 1 N–H and O–H groups in total. The van der Waals surface area contributed by atoms with Crippen molar-refractivity contribution in [2.24, 2.45) is 0 Å². The van der Waals surface area contributed by atoms with Crippen molar-refractivity contribution < 1.29 is 13.2 Å². The number of halogens is 5. The molecule has 6 heteroatoms. The molecule has 0 bridgehead atoms. The number of benzene rings is 2. The Hall–Kier alpha value is -1.39. The largest absolute Gasteiger partial charge is 0.416 e. The van der Waals surface area contributed by atoms with Gasteiger partial charge in [0.1, 0.15) is 0 Å². The molecule has 1 atom stereocenters. The molecule has 2 aromatic carbocycles. The monoisotopic (exact) mass is 333 g/mol. The third kappa shape index (κ3) is 3.83.